The van der Waals surface area contributed by atoms with Crippen LogP contribution >= 0.6 is 0 Å². The molecule has 2 aromatic heterocycles. The number of fused-ring (bicyclic) bond motifs is 3. The Hall–Kier alpha value is -3.51. The number of allylic oxidation sites excluding steroid dienone is 4. The van der Waals surface area contributed by atoms with Crippen molar-refractivity contribution < 1.29 is 70.4 Å². The SMILES string of the molecule is CC(C)(C)C(=O)/C=C(\O)C(C)(C)C.CC(C)(C)C(=O)/C=C(\O)C(C)(C)C.O=S1(=O)c2cc(-c3ccccn3)[c-]cc2-c2c[c-]c(-c3ccccn3)cc21.[Pt].[Pt]. The van der Waals surface area contributed by atoms with Gasteiger partial charge in [-0.2, -0.15) is 0 Å². The number of aromatic nitrogens is 2. The summed E-state index contributed by atoms with van der Waals surface area (Å²) in [4.78, 5) is 32.1. The Morgan fingerprint density at radius 3 is 1.16 bits per heavy atom. The van der Waals surface area contributed by atoms with E-state index in [0.717, 1.165) is 0 Å². The maximum absolute atomic E-state index is 13.2. The van der Waals surface area contributed by atoms with Crippen LogP contribution in [0.25, 0.3) is 33.6 Å². The molecular formula is C44H52N2O6Pt2S-2. The third-order valence-corrected chi connectivity index (χ3v) is 9.96. The van der Waals surface area contributed by atoms with E-state index in [1.165, 1.54) is 12.2 Å². The first-order valence-electron chi connectivity index (χ1n) is 17.4. The molecule has 0 amide bonds. The predicted octanol–water partition coefficient (Wildman–Crippen LogP) is 10.4. The number of sulfone groups is 1. The van der Waals surface area contributed by atoms with E-state index in [0.29, 0.717) is 33.6 Å². The molecule has 0 unspecified atom stereocenters. The molecule has 11 heteroatoms. The van der Waals surface area contributed by atoms with Gasteiger partial charge in [0, 0.05) is 88.3 Å². The molecule has 302 valence electrons. The van der Waals surface area contributed by atoms with E-state index in [1.54, 1.807) is 36.7 Å². The van der Waals surface area contributed by atoms with Crippen LogP contribution in [0, 0.1) is 33.8 Å². The number of aliphatic hydroxyl groups is 2. The zero-order valence-corrected chi connectivity index (χ0v) is 38.9. The Morgan fingerprint density at radius 1 is 0.582 bits per heavy atom. The van der Waals surface area contributed by atoms with Crippen LogP contribution < -0.4 is 0 Å². The molecule has 8 nitrogen and oxygen atoms in total. The summed E-state index contributed by atoms with van der Waals surface area (Å²) in [6.45, 7) is 22.2. The molecule has 0 fully saturated rings. The maximum atomic E-state index is 13.2. The normalized spacial score (nSPS) is 13.6. The third kappa shape index (κ3) is 13.3. The average Bonchev–Trinajstić information content (AvgIpc) is 3.29. The van der Waals surface area contributed by atoms with Crippen molar-refractivity contribution in [2.75, 3.05) is 0 Å². The Labute approximate surface area is 356 Å². The summed E-state index contributed by atoms with van der Waals surface area (Å²) in [5.74, 6) is 0.208. The second kappa shape index (κ2) is 19.1. The average molecular weight is 1130 g/mol. The van der Waals surface area contributed by atoms with Gasteiger partial charge in [0.05, 0.1) is 0 Å². The van der Waals surface area contributed by atoms with Crippen molar-refractivity contribution in [3.8, 4) is 33.6 Å². The van der Waals surface area contributed by atoms with E-state index in [4.69, 9.17) is 0 Å². The first-order valence-corrected chi connectivity index (χ1v) is 18.8. The second-order valence-corrected chi connectivity index (χ2v) is 18.9. The fourth-order valence-corrected chi connectivity index (χ4v) is 6.08. The maximum Gasteiger partial charge on any atom is 0.172 e. The van der Waals surface area contributed by atoms with Gasteiger partial charge < -0.3 is 20.2 Å². The fraction of sp³-hybridized carbons (Fsp3) is 0.364. The number of rotatable bonds is 4. The molecule has 1 aliphatic heterocycles. The third-order valence-electron chi connectivity index (χ3n) is 8.13. The van der Waals surface area contributed by atoms with Gasteiger partial charge in [-0.1, -0.05) is 107 Å². The van der Waals surface area contributed by atoms with Crippen molar-refractivity contribution in [3.63, 3.8) is 0 Å². The molecule has 0 atom stereocenters. The number of benzene rings is 2. The number of aliphatic hydroxyl groups excluding tert-OH is 2. The van der Waals surface area contributed by atoms with Crippen LogP contribution in [-0.4, -0.2) is 40.2 Å². The van der Waals surface area contributed by atoms with E-state index in [9.17, 15) is 28.2 Å². The molecule has 0 aliphatic carbocycles. The van der Waals surface area contributed by atoms with Gasteiger partial charge in [0.2, 0.25) is 0 Å². The summed E-state index contributed by atoms with van der Waals surface area (Å²) >= 11 is 0. The largest absolute Gasteiger partial charge is 0.512 e. The van der Waals surface area contributed by atoms with E-state index in [-0.39, 0.29) is 85.8 Å². The van der Waals surface area contributed by atoms with Crippen LogP contribution in [0.5, 0.6) is 0 Å². The zero-order valence-electron chi connectivity index (χ0n) is 33.5. The summed E-state index contributed by atoms with van der Waals surface area (Å²) < 4.78 is 26.3. The Balaban J connectivity index is 0.000000462. The van der Waals surface area contributed by atoms with Crippen molar-refractivity contribution in [2.45, 2.75) is 92.9 Å². The van der Waals surface area contributed by atoms with Gasteiger partial charge in [-0.05, 0) is 33.3 Å². The van der Waals surface area contributed by atoms with Gasteiger partial charge >= 0.3 is 0 Å². The summed E-state index contributed by atoms with van der Waals surface area (Å²) in [6, 6.07) is 24.1. The molecular weight excluding hydrogens is 1070 g/mol. The number of ketones is 2. The number of carbonyl (C=O) groups excluding carboxylic acids is 2. The van der Waals surface area contributed by atoms with E-state index < -0.39 is 20.7 Å². The van der Waals surface area contributed by atoms with Crippen LogP contribution in [0.15, 0.2) is 107 Å². The van der Waals surface area contributed by atoms with Crippen molar-refractivity contribution in [3.05, 3.63) is 109 Å². The topological polar surface area (TPSA) is 135 Å². The smallest absolute Gasteiger partial charge is 0.172 e. The molecule has 4 aromatic rings. The minimum atomic E-state index is -3.62. The standard InChI is InChI=1S/C22H12N2O2S.2C11H20O2.2Pt/c25-27(26)21-13-15(19-5-1-3-11-23-19)7-9-17(21)18-10-8-16(14-22(18)27)20-6-2-4-12-24-20;2*1-10(2,3)8(12)7-9(13)11(4,5)6;;/h1-6,9-14H;2*7,12H,1-6H3;;/q-2;;;;/b;2*8-7-;;. The van der Waals surface area contributed by atoms with Crippen molar-refractivity contribution in [1.82, 2.24) is 9.97 Å². The molecule has 0 radical (unpaired) electrons. The summed E-state index contributed by atoms with van der Waals surface area (Å²) in [6.07, 6.45) is 6.02. The Morgan fingerprint density at radius 2 is 0.909 bits per heavy atom. The Kier molecular flexibility index (Phi) is 17.2. The molecule has 55 heavy (non-hydrogen) atoms. The van der Waals surface area contributed by atoms with Gasteiger partial charge in [-0.25, -0.2) is 8.42 Å². The van der Waals surface area contributed by atoms with Gasteiger partial charge in [0.15, 0.2) is 21.4 Å². The number of pyridine rings is 2. The first kappa shape index (κ1) is 49.5. The van der Waals surface area contributed by atoms with Gasteiger partial charge in [0.25, 0.3) is 0 Å². The molecule has 0 spiro atoms. The minimum absolute atomic E-state index is 0. The van der Waals surface area contributed by atoms with Crippen molar-refractivity contribution in [1.29, 1.82) is 0 Å². The molecule has 2 aromatic carbocycles. The molecule has 2 N–H and O–H groups in total. The molecule has 0 bridgehead atoms. The van der Waals surface area contributed by atoms with Crippen LogP contribution in [-0.2, 0) is 61.6 Å². The molecule has 0 saturated carbocycles. The predicted molar refractivity (Wildman–Crippen MR) is 211 cm³/mol. The van der Waals surface area contributed by atoms with E-state index in [2.05, 4.69) is 22.1 Å². The number of hydrogen-bond acceptors (Lipinski definition) is 8. The van der Waals surface area contributed by atoms with Crippen LogP contribution in [0.2, 0.25) is 0 Å². The van der Waals surface area contributed by atoms with Gasteiger partial charge in [-0.15, -0.1) is 58.7 Å². The number of carbonyl (C=O) groups is 2. The van der Waals surface area contributed by atoms with Crippen LogP contribution in [0.4, 0.5) is 0 Å². The summed E-state index contributed by atoms with van der Waals surface area (Å²) in [7, 11) is -3.62. The van der Waals surface area contributed by atoms with Crippen LogP contribution in [0.1, 0.15) is 83.1 Å². The quantitative estimate of drug-likeness (QED) is 0.103. The van der Waals surface area contributed by atoms with E-state index in [1.807, 2.05) is 119 Å². The molecule has 0 saturated heterocycles. The number of nitrogens with zero attached hydrogens (tertiary/aromatic N) is 2. The monoisotopic (exact) mass is 1130 g/mol. The Bertz CT molecular complexity index is 1970. The molecule has 3 heterocycles. The number of hydrogen-bond donors (Lipinski definition) is 2. The van der Waals surface area contributed by atoms with Gasteiger partial charge in [0.1, 0.15) is 11.5 Å². The summed E-state index contributed by atoms with van der Waals surface area (Å²) in [5, 5.41) is 19.1. The molecule has 1 aliphatic rings. The fourth-order valence-electron chi connectivity index (χ4n) is 4.38. The van der Waals surface area contributed by atoms with Crippen LogP contribution in [0.3, 0.4) is 0 Å². The van der Waals surface area contributed by atoms with Gasteiger partial charge in [-0.3, -0.25) is 9.59 Å². The molecule has 5 rings (SSSR count). The second-order valence-electron chi connectivity index (χ2n) is 17.0. The van der Waals surface area contributed by atoms with E-state index >= 15 is 0 Å². The van der Waals surface area contributed by atoms with Crippen molar-refractivity contribution in [2.24, 2.45) is 21.7 Å². The zero-order chi connectivity index (χ0) is 40.2. The van der Waals surface area contributed by atoms with Crippen molar-refractivity contribution >= 4 is 21.4 Å². The minimum Gasteiger partial charge on any atom is -0.512 e. The summed E-state index contributed by atoms with van der Waals surface area (Å²) in [5.41, 5.74) is 2.45. The first-order chi connectivity index (χ1) is 24.2.